The first-order valence-electron chi connectivity index (χ1n) is 8.74. The molecule has 0 aromatic carbocycles. The van der Waals surface area contributed by atoms with Crippen molar-refractivity contribution in [2.45, 2.75) is 32.1 Å². The normalized spacial score (nSPS) is 19.6. The van der Waals surface area contributed by atoms with Gasteiger partial charge in [0.1, 0.15) is 11.6 Å². The molecule has 3 heterocycles. The summed E-state index contributed by atoms with van der Waals surface area (Å²) in [6, 6.07) is 2.11. The summed E-state index contributed by atoms with van der Waals surface area (Å²) in [6.45, 7) is 6.54. The van der Waals surface area contributed by atoms with E-state index < -0.39 is 0 Å². The van der Waals surface area contributed by atoms with Gasteiger partial charge in [-0.15, -0.1) is 0 Å². The number of amides is 1. The zero-order valence-electron chi connectivity index (χ0n) is 14.3. The standard InChI is InChI=1S/C17H26N4O3/c1-13-18-15(12-16(19-13)20-7-10-24-11-8-20)14-2-5-21(6-3-14)17(23)4-9-22/h12,14,22H,2-11H2,1H3. The van der Waals surface area contributed by atoms with E-state index in [4.69, 9.17) is 9.84 Å². The van der Waals surface area contributed by atoms with E-state index >= 15 is 0 Å². The quantitative estimate of drug-likeness (QED) is 0.874. The highest BCUT2D eigenvalue weighted by Gasteiger charge is 2.25. The highest BCUT2D eigenvalue weighted by molar-refractivity contribution is 5.76. The Labute approximate surface area is 142 Å². The van der Waals surface area contributed by atoms with Crippen molar-refractivity contribution in [3.05, 3.63) is 17.6 Å². The lowest BCUT2D eigenvalue weighted by atomic mass is 9.93. The molecule has 0 unspecified atom stereocenters. The lowest BCUT2D eigenvalue weighted by Crippen LogP contribution is -2.39. The van der Waals surface area contributed by atoms with E-state index in [1.807, 2.05) is 11.8 Å². The van der Waals surface area contributed by atoms with Crippen LogP contribution in [0.4, 0.5) is 5.82 Å². The maximum absolute atomic E-state index is 11.9. The molecule has 1 amide bonds. The Bertz CT molecular complexity index is 567. The molecule has 1 N–H and O–H groups in total. The molecular formula is C17H26N4O3. The molecule has 2 aliphatic heterocycles. The Morgan fingerprint density at radius 2 is 1.96 bits per heavy atom. The van der Waals surface area contributed by atoms with Gasteiger partial charge in [0.15, 0.2) is 0 Å². The van der Waals surface area contributed by atoms with Gasteiger partial charge in [-0.2, -0.15) is 0 Å². The number of piperidine rings is 1. The molecule has 24 heavy (non-hydrogen) atoms. The Balaban J connectivity index is 1.67. The van der Waals surface area contributed by atoms with Crippen LogP contribution in [0.25, 0.3) is 0 Å². The molecule has 1 aromatic heterocycles. The van der Waals surface area contributed by atoms with Crippen LogP contribution in [-0.2, 0) is 9.53 Å². The van der Waals surface area contributed by atoms with Crippen LogP contribution < -0.4 is 4.90 Å². The number of aliphatic hydroxyl groups is 1. The average molecular weight is 334 g/mol. The average Bonchev–Trinajstić information content (AvgIpc) is 2.62. The maximum Gasteiger partial charge on any atom is 0.224 e. The van der Waals surface area contributed by atoms with E-state index in [-0.39, 0.29) is 18.9 Å². The van der Waals surface area contributed by atoms with Gasteiger partial charge in [0, 0.05) is 50.3 Å². The summed E-state index contributed by atoms with van der Waals surface area (Å²) in [5.74, 6) is 2.20. The fraction of sp³-hybridized carbons (Fsp3) is 0.706. The van der Waals surface area contributed by atoms with Gasteiger partial charge >= 0.3 is 0 Å². The summed E-state index contributed by atoms with van der Waals surface area (Å²) in [7, 11) is 0. The van der Waals surface area contributed by atoms with Gasteiger partial charge in [-0.05, 0) is 19.8 Å². The number of likely N-dealkylation sites (tertiary alicyclic amines) is 1. The van der Waals surface area contributed by atoms with Gasteiger partial charge in [-0.3, -0.25) is 4.79 Å². The number of hydrogen-bond acceptors (Lipinski definition) is 6. The van der Waals surface area contributed by atoms with Crippen LogP contribution in [0.1, 0.15) is 36.7 Å². The number of rotatable bonds is 4. The number of hydrogen-bond donors (Lipinski definition) is 1. The lowest BCUT2D eigenvalue weighted by molar-refractivity contribution is -0.132. The third-order valence-electron chi connectivity index (χ3n) is 4.77. The molecule has 0 atom stereocenters. The van der Waals surface area contributed by atoms with Crippen LogP contribution in [0.5, 0.6) is 0 Å². The highest BCUT2D eigenvalue weighted by atomic mass is 16.5. The van der Waals surface area contributed by atoms with Crippen LogP contribution in [0.15, 0.2) is 6.07 Å². The first-order chi connectivity index (χ1) is 11.7. The molecular weight excluding hydrogens is 308 g/mol. The lowest BCUT2D eigenvalue weighted by Gasteiger charge is -2.33. The zero-order valence-corrected chi connectivity index (χ0v) is 14.3. The molecule has 3 rings (SSSR count). The number of carbonyl (C=O) groups is 1. The van der Waals surface area contributed by atoms with E-state index in [2.05, 4.69) is 20.9 Å². The molecule has 132 valence electrons. The second-order valence-corrected chi connectivity index (χ2v) is 6.43. The summed E-state index contributed by atoms with van der Waals surface area (Å²) >= 11 is 0. The summed E-state index contributed by atoms with van der Waals surface area (Å²) in [6.07, 6.45) is 2.05. The van der Waals surface area contributed by atoms with E-state index in [0.29, 0.717) is 5.92 Å². The summed E-state index contributed by atoms with van der Waals surface area (Å²) in [4.78, 5) is 25.2. The number of morpholine rings is 1. The molecule has 0 radical (unpaired) electrons. The van der Waals surface area contributed by atoms with Crippen molar-refractivity contribution in [3.63, 3.8) is 0 Å². The number of aliphatic hydroxyl groups excluding tert-OH is 1. The molecule has 0 bridgehead atoms. The van der Waals surface area contributed by atoms with Gasteiger partial charge < -0.3 is 19.6 Å². The topological polar surface area (TPSA) is 78.8 Å². The van der Waals surface area contributed by atoms with Crippen LogP contribution >= 0.6 is 0 Å². The maximum atomic E-state index is 11.9. The molecule has 7 nitrogen and oxygen atoms in total. The number of aryl methyl sites for hydroxylation is 1. The van der Waals surface area contributed by atoms with Crippen molar-refractivity contribution in [2.75, 3.05) is 50.9 Å². The number of aromatic nitrogens is 2. The van der Waals surface area contributed by atoms with Crippen LogP contribution in [0.2, 0.25) is 0 Å². The van der Waals surface area contributed by atoms with E-state index in [1.54, 1.807) is 0 Å². The van der Waals surface area contributed by atoms with Crippen molar-refractivity contribution >= 4 is 11.7 Å². The molecule has 7 heteroatoms. The molecule has 2 saturated heterocycles. The zero-order chi connectivity index (χ0) is 16.9. The van der Waals surface area contributed by atoms with Crippen LogP contribution in [0, 0.1) is 6.92 Å². The summed E-state index contributed by atoms with van der Waals surface area (Å²) in [5, 5.41) is 8.90. The third kappa shape index (κ3) is 4.02. The largest absolute Gasteiger partial charge is 0.396 e. The fourth-order valence-electron chi connectivity index (χ4n) is 3.42. The van der Waals surface area contributed by atoms with Crippen molar-refractivity contribution in [1.29, 1.82) is 0 Å². The minimum absolute atomic E-state index is 0.0452. The number of carbonyl (C=O) groups excluding carboxylic acids is 1. The SMILES string of the molecule is Cc1nc(C2CCN(C(=O)CCO)CC2)cc(N2CCOCC2)n1. The van der Waals surface area contributed by atoms with E-state index in [9.17, 15) is 4.79 Å². The van der Waals surface area contributed by atoms with Crippen molar-refractivity contribution < 1.29 is 14.6 Å². The first kappa shape index (κ1) is 17.1. The smallest absolute Gasteiger partial charge is 0.224 e. The van der Waals surface area contributed by atoms with Crippen molar-refractivity contribution in [3.8, 4) is 0 Å². The first-order valence-corrected chi connectivity index (χ1v) is 8.74. The minimum atomic E-state index is -0.0766. The molecule has 1 aromatic rings. The molecule has 0 saturated carbocycles. The Kier molecular flexibility index (Phi) is 5.63. The van der Waals surface area contributed by atoms with Gasteiger partial charge in [0.2, 0.25) is 5.91 Å². The van der Waals surface area contributed by atoms with Crippen molar-refractivity contribution in [2.24, 2.45) is 0 Å². The van der Waals surface area contributed by atoms with Gasteiger partial charge in [0.05, 0.1) is 19.8 Å². The second-order valence-electron chi connectivity index (χ2n) is 6.43. The van der Waals surface area contributed by atoms with E-state index in [0.717, 1.165) is 69.6 Å². The number of nitrogens with zero attached hydrogens (tertiary/aromatic N) is 4. The number of anilines is 1. The summed E-state index contributed by atoms with van der Waals surface area (Å²) < 4.78 is 5.41. The Morgan fingerprint density at radius 3 is 2.62 bits per heavy atom. The summed E-state index contributed by atoms with van der Waals surface area (Å²) in [5.41, 5.74) is 1.08. The van der Waals surface area contributed by atoms with Gasteiger partial charge in [0.25, 0.3) is 0 Å². The van der Waals surface area contributed by atoms with Gasteiger partial charge in [-0.1, -0.05) is 0 Å². The molecule has 2 fully saturated rings. The molecule has 0 spiro atoms. The second kappa shape index (κ2) is 7.90. The minimum Gasteiger partial charge on any atom is -0.396 e. The van der Waals surface area contributed by atoms with Gasteiger partial charge in [-0.25, -0.2) is 9.97 Å². The highest BCUT2D eigenvalue weighted by Crippen LogP contribution is 2.29. The predicted octanol–water partition coefficient (Wildman–Crippen LogP) is 0.710. The molecule has 0 aliphatic carbocycles. The van der Waals surface area contributed by atoms with Crippen LogP contribution in [-0.4, -0.2) is 71.9 Å². The molecule has 2 aliphatic rings. The Morgan fingerprint density at radius 1 is 1.25 bits per heavy atom. The Hall–Kier alpha value is -1.73. The fourth-order valence-corrected chi connectivity index (χ4v) is 3.42. The van der Waals surface area contributed by atoms with Crippen LogP contribution in [0.3, 0.4) is 0 Å². The predicted molar refractivity (Wildman–Crippen MR) is 90.1 cm³/mol. The third-order valence-corrected chi connectivity index (χ3v) is 4.77. The van der Waals surface area contributed by atoms with E-state index in [1.165, 1.54) is 0 Å². The van der Waals surface area contributed by atoms with Crippen molar-refractivity contribution in [1.82, 2.24) is 14.9 Å². The number of ether oxygens (including phenoxy) is 1. The monoisotopic (exact) mass is 334 g/mol.